The van der Waals surface area contributed by atoms with Crippen LogP contribution in [0.25, 0.3) is 0 Å². The van der Waals surface area contributed by atoms with Crippen molar-refractivity contribution in [2.45, 2.75) is 28.7 Å². The van der Waals surface area contributed by atoms with Gasteiger partial charge in [-0.2, -0.15) is 0 Å². The van der Waals surface area contributed by atoms with Crippen LogP contribution in [0.2, 0.25) is 0 Å². The third-order valence-corrected chi connectivity index (χ3v) is 1.43. The first kappa shape index (κ1) is 12.0. The van der Waals surface area contributed by atoms with Crippen molar-refractivity contribution in [3.05, 3.63) is 35.4 Å². The van der Waals surface area contributed by atoms with Crippen LogP contribution >= 0.6 is 0 Å². The molecular weight excluding hydrogens is 120 g/mol. The van der Waals surface area contributed by atoms with E-state index in [-0.39, 0.29) is 14.9 Å². The second kappa shape index (κ2) is 5.04. The molecule has 1 aromatic rings. The highest BCUT2D eigenvalue weighted by Crippen LogP contribution is 2.02. The lowest BCUT2D eigenvalue weighted by Gasteiger charge is -1.93. The highest BCUT2D eigenvalue weighted by Gasteiger charge is 1.83. The third kappa shape index (κ3) is 2.67. The van der Waals surface area contributed by atoms with Gasteiger partial charge in [-0.05, 0) is 25.0 Å². The van der Waals surface area contributed by atoms with Gasteiger partial charge in [0.05, 0.1) is 0 Å². The van der Waals surface area contributed by atoms with Crippen LogP contribution in [-0.4, -0.2) is 0 Å². The molecule has 0 radical (unpaired) electrons. The summed E-state index contributed by atoms with van der Waals surface area (Å²) in [5, 5.41) is 0. The molecule has 0 unspecified atom stereocenters. The Bertz CT molecular complexity index is 156. The standard InChI is InChI=1S/C8H10.2CH4/c1-7-5-3-4-6-8(7)2;;/h3-6H,1-2H3;2*1H4. The van der Waals surface area contributed by atoms with Crippen LogP contribution in [0.5, 0.6) is 0 Å². The quantitative estimate of drug-likeness (QED) is 0.514. The summed E-state index contributed by atoms with van der Waals surface area (Å²) in [6.07, 6.45) is 0. The Kier molecular flexibility index (Phi) is 6.02. The molecule has 0 bridgehead atoms. The van der Waals surface area contributed by atoms with Crippen LogP contribution in [0.4, 0.5) is 0 Å². The van der Waals surface area contributed by atoms with E-state index in [0.29, 0.717) is 0 Å². The second-order valence-corrected chi connectivity index (χ2v) is 2.08. The van der Waals surface area contributed by atoms with E-state index in [1.807, 2.05) is 0 Å². The number of aryl methyl sites for hydroxylation is 2. The first-order valence-electron chi connectivity index (χ1n) is 2.83. The predicted octanol–water partition coefficient (Wildman–Crippen LogP) is 3.58. The number of hydrogen-bond acceptors (Lipinski definition) is 0. The Morgan fingerprint density at radius 2 is 1.10 bits per heavy atom. The summed E-state index contributed by atoms with van der Waals surface area (Å²) < 4.78 is 0. The van der Waals surface area contributed by atoms with Crippen LogP contribution in [0.3, 0.4) is 0 Å². The number of hydrogen-bond donors (Lipinski definition) is 0. The molecule has 0 aliphatic heterocycles. The lowest BCUT2D eigenvalue weighted by atomic mass is 10.1. The zero-order valence-electron chi connectivity index (χ0n) is 5.31. The Hall–Kier alpha value is -0.780. The van der Waals surface area contributed by atoms with Crippen LogP contribution in [-0.2, 0) is 0 Å². The minimum Gasteiger partial charge on any atom is -0.0776 e. The highest BCUT2D eigenvalue weighted by atomic mass is 13.9. The summed E-state index contributed by atoms with van der Waals surface area (Å²) in [7, 11) is 0. The summed E-state index contributed by atoms with van der Waals surface area (Å²) in [6, 6.07) is 8.36. The number of rotatable bonds is 0. The van der Waals surface area contributed by atoms with Gasteiger partial charge in [-0.3, -0.25) is 0 Å². The van der Waals surface area contributed by atoms with Crippen LogP contribution in [0.1, 0.15) is 26.0 Å². The van der Waals surface area contributed by atoms with Gasteiger partial charge in [0.2, 0.25) is 0 Å². The molecule has 0 saturated carbocycles. The Morgan fingerprint density at radius 3 is 1.30 bits per heavy atom. The Morgan fingerprint density at radius 1 is 0.800 bits per heavy atom. The van der Waals surface area contributed by atoms with Gasteiger partial charge >= 0.3 is 0 Å². The molecule has 0 N–H and O–H groups in total. The normalized spacial score (nSPS) is 7.40. The summed E-state index contributed by atoms with van der Waals surface area (Å²) in [6.45, 7) is 4.24. The lowest BCUT2D eigenvalue weighted by Crippen LogP contribution is -1.74. The van der Waals surface area contributed by atoms with Gasteiger partial charge in [0, 0.05) is 0 Å². The van der Waals surface area contributed by atoms with Crippen molar-refractivity contribution < 1.29 is 0 Å². The van der Waals surface area contributed by atoms with E-state index in [0.717, 1.165) is 0 Å². The SMILES string of the molecule is C.C.Cc1ccccc1C. The van der Waals surface area contributed by atoms with Crippen LogP contribution < -0.4 is 0 Å². The second-order valence-electron chi connectivity index (χ2n) is 2.08. The zero-order valence-corrected chi connectivity index (χ0v) is 5.31. The van der Waals surface area contributed by atoms with Crippen molar-refractivity contribution in [1.29, 1.82) is 0 Å². The van der Waals surface area contributed by atoms with Gasteiger partial charge in [-0.1, -0.05) is 39.1 Å². The van der Waals surface area contributed by atoms with Crippen molar-refractivity contribution in [2.75, 3.05) is 0 Å². The fourth-order valence-corrected chi connectivity index (χ4v) is 0.663. The van der Waals surface area contributed by atoms with E-state index < -0.39 is 0 Å². The molecule has 0 saturated heterocycles. The van der Waals surface area contributed by atoms with E-state index in [2.05, 4.69) is 38.1 Å². The van der Waals surface area contributed by atoms with E-state index in [1.165, 1.54) is 11.1 Å². The average molecular weight is 138 g/mol. The fourth-order valence-electron chi connectivity index (χ4n) is 0.663. The highest BCUT2D eigenvalue weighted by molar-refractivity contribution is 5.23. The fraction of sp³-hybridized carbons (Fsp3) is 0.400. The molecule has 1 rings (SSSR count). The smallest absolute Gasteiger partial charge is 0.0395 e. The van der Waals surface area contributed by atoms with Crippen molar-refractivity contribution >= 4 is 0 Å². The molecule has 0 aromatic heterocycles. The van der Waals surface area contributed by atoms with E-state index in [4.69, 9.17) is 0 Å². The van der Waals surface area contributed by atoms with Crippen LogP contribution in [0.15, 0.2) is 24.3 Å². The van der Waals surface area contributed by atoms with E-state index in [9.17, 15) is 0 Å². The molecule has 0 amide bonds. The monoisotopic (exact) mass is 138 g/mol. The van der Waals surface area contributed by atoms with Gasteiger partial charge in [-0.15, -0.1) is 0 Å². The van der Waals surface area contributed by atoms with E-state index >= 15 is 0 Å². The molecule has 0 aliphatic carbocycles. The molecule has 0 heteroatoms. The maximum absolute atomic E-state index is 2.12. The Labute approximate surface area is 64.9 Å². The molecule has 10 heavy (non-hydrogen) atoms. The topological polar surface area (TPSA) is 0 Å². The zero-order chi connectivity index (χ0) is 5.98. The first-order valence-corrected chi connectivity index (χ1v) is 2.83. The van der Waals surface area contributed by atoms with Crippen molar-refractivity contribution in [3.8, 4) is 0 Å². The molecule has 0 fully saturated rings. The molecule has 0 atom stereocenters. The summed E-state index contributed by atoms with van der Waals surface area (Å²) in [5.74, 6) is 0. The first-order chi connectivity index (χ1) is 3.80. The van der Waals surface area contributed by atoms with Crippen molar-refractivity contribution in [3.63, 3.8) is 0 Å². The molecule has 58 valence electrons. The molecule has 1 aromatic carbocycles. The summed E-state index contributed by atoms with van der Waals surface area (Å²) in [5.41, 5.74) is 2.74. The molecule has 0 aliphatic rings. The Balaban J connectivity index is 0. The molecule has 0 spiro atoms. The molecule has 0 nitrogen and oxygen atoms in total. The van der Waals surface area contributed by atoms with Crippen molar-refractivity contribution in [2.24, 2.45) is 0 Å². The average Bonchev–Trinajstić information content (AvgIpc) is 1.77. The maximum Gasteiger partial charge on any atom is -0.0395 e. The van der Waals surface area contributed by atoms with Gasteiger partial charge in [0.25, 0.3) is 0 Å². The van der Waals surface area contributed by atoms with Crippen molar-refractivity contribution in [1.82, 2.24) is 0 Å². The summed E-state index contributed by atoms with van der Waals surface area (Å²) in [4.78, 5) is 0. The lowest BCUT2D eigenvalue weighted by molar-refractivity contribution is 1.34. The van der Waals surface area contributed by atoms with Gasteiger partial charge < -0.3 is 0 Å². The van der Waals surface area contributed by atoms with Crippen LogP contribution in [0, 0.1) is 13.8 Å². The van der Waals surface area contributed by atoms with E-state index in [1.54, 1.807) is 0 Å². The third-order valence-electron chi connectivity index (χ3n) is 1.43. The molecule has 0 heterocycles. The minimum atomic E-state index is 0. The van der Waals surface area contributed by atoms with Gasteiger partial charge in [-0.25, -0.2) is 0 Å². The minimum absolute atomic E-state index is 0. The molecular formula is C10H18. The van der Waals surface area contributed by atoms with Gasteiger partial charge in [0.15, 0.2) is 0 Å². The number of benzene rings is 1. The van der Waals surface area contributed by atoms with Gasteiger partial charge in [0.1, 0.15) is 0 Å². The summed E-state index contributed by atoms with van der Waals surface area (Å²) >= 11 is 0. The predicted molar refractivity (Wildman–Crippen MR) is 49.4 cm³/mol. The maximum atomic E-state index is 2.12. The largest absolute Gasteiger partial charge is 0.0776 e.